The Labute approximate surface area is 110 Å². The van der Waals surface area contributed by atoms with Gasteiger partial charge < -0.3 is 15.2 Å². The van der Waals surface area contributed by atoms with Crippen molar-refractivity contribution in [2.24, 2.45) is 0 Å². The topological polar surface area (TPSA) is 34.3 Å². The van der Waals surface area contributed by atoms with E-state index < -0.39 is 0 Å². The molecular formula is C14H26N4. The van der Waals surface area contributed by atoms with Gasteiger partial charge >= 0.3 is 0 Å². The monoisotopic (exact) mass is 250 g/mol. The average Bonchev–Trinajstić information content (AvgIpc) is 2.82. The minimum absolute atomic E-state index is 0.243. The number of aromatic amines is 1. The van der Waals surface area contributed by atoms with E-state index in [1.54, 1.807) is 0 Å². The molecule has 1 aliphatic rings. The number of likely N-dealkylation sites (N-methyl/N-ethyl adjacent to an activating group) is 1. The highest BCUT2D eigenvalue weighted by molar-refractivity contribution is 5.08. The summed E-state index contributed by atoms with van der Waals surface area (Å²) in [6, 6.07) is 2.15. The molecule has 0 saturated carbocycles. The van der Waals surface area contributed by atoms with Crippen molar-refractivity contribution in [3.63, 3.8) is 0 Å². The van der Waals surface area contributed by atoms with Crippen LogP contribution >= 0.6 is 0 Å². The molecule has 2 rings (SSSR count). The summed E-state index contributed by atoms with van der Waals surface area (Å²) in [4.78, 5) is 8.12. The Morgan fingerprint density at radius 2 is 2.06 bits per heavy atom. The summed E-state index contributed by atoms with van der Waals surface area (Å²) < 4.78 is 0. The van der Waals surface area contributed by atoms with Crippen molar-refractivity contribution >= 4 is 0 Å². The van der Waals surface area contributed by atoms with Crippen molar-refractivity contribution in [2.45, 2.75) is 25.9 Å². The summed E-state index contributed by atoms with van der Waals surface area (Å²) in [5.41, 5.74) is 1.60. The zero-order valence-corrected chi connectivity index (χ0v) is 11.9. The number of piperazine rings is 1. The number of nitrogens with one attached hydrogen (secondary N) is 2. The Hall–Kier alpha value is -0.840. The fourth-order valence-electron chi connectivity index (χ4n) is 2.86. The smallest absolute Gasteiger partial charge is 0.0281 e. The standard InChI is InChI=1S/C14H26N4/c1-14(2,18-8-6-15-7-9-18)12-17(3)11-13-4-5-16-10-13/h4-5,10,15-16H,6-9,11-12H2,1-3H3. The normalized spacial score (nSPS) is 18.4. The van der Waals surface area contributed by atoms with Crippen LogP contribution in [0.5, 0.6) is 0 Å². The van der Waals surface area contributed by atoms with Crippen molar-refractivity contribution in [3.05, 3.63) is 24.0 Å². The van der Waals surface area contributed by atoms with Gasteiger partial charge in [0.05, 0.1) is 0 Å². The predicted octanol–water partition coefficient (Wildman–Crippen LogP) is 1.13. The number of rotatable bonds is 5. The third-order valence-electron chi connectivity index (χ3n) is 3.74. The number of aromatic nitrogens is 1. The lowest BCUT2D eigenvalue weighted by Crippen LogP contribution is -2.57. The first kappa shape index (κ1) is 13.6. The van der Waals surface area contributed by atoms with Gasteiger partial charge in [0.1, 0.15) is 0 Å². The molecule has 0 spiro atoms. The van der Waals surface area contributed by atoms with E-state index in [4.69, 9.17) is 0 Å². The van der Waals surface area contributed by atoms with Gasteiger partial charge in [-0.1, -0.05) is 0 Å². The fraction of sp³-hybridized carbons (Fsp3) is 0.714. The van der Waals surface area contributed by atoms with Crippen LogP contribution in [-0.4, -0.2) is 60.1 Å². The third-order valence-corrected chi connectivity index (χ3v) is 3.74. The molecule has 1 aliphatic heterocycles. The maximum atomic E-state index is 3.42. The van der Waals surface area contributed by atoms with E-state index in [0.29, 0.717) is 0 Å². The Balaban J connectivity index is 1.86. The summed E-state index contributed by atoms with van der Waals surface area (Å²) in [5, 5.41) is 3.42. The van der Waals surface area contributed by atoms with Gasteiger partial charge in [-0.3, -0.25) is 4.90 Å². The van der Waals surface area contributed by atoms with Gasteiger partial charge in [0.2, 0.25) is 0 Å². The molecule has 0 aliphatic carbocycles. The van der Waals surface area contributed by atoms with Crippen LogP contribution in [0.3, 0.4) is 0 Å². The predicted molar refractivity (Wildman–Crippen MR) is 75.6 cm³/mol. The Morgan fingerprint density at radius 3 is 2.67 bits per heavy atom. The molecule has 18 heavy (non-hydrogen) atoms. The van der Waals surface area contributed by atoms with Crippen molar-refractivity contribution in [2.75, 3.05) is 39.8 Å². The molecule has 0 bridgehead atoms. The molecule has 0 unspecified atom stereocenters. The minimum Gasteiger partial charge on any atom is -0.367 e. The first-order chi connectivity index (χ1) is 8.58. The van der Waals surface area contributed by atoms with E-state index in [1.165, 1.54) is 5.56 Å². The summed E-state index contributed by atoms with van der Waals surface area (Å²) in [5.74, 6) is 0. The molecule has 0 atom stereocenters. The van der Waals surface area contributed by atoms with Crippen LogP contribution in [0.25, 0.3) is 0 Å². The highest BCUT2D eigenvalue weighted by Gasteiger charge is 2.28. The van der Waals surface area contributed by atoms with E-state index in [1.807, 2.05) is 6.20 Å². The van der Waals surface area contributed by atoms with Crippen LogP contribution in [-0.2, 0) is 6.54 Å². The summed E-state index contributed by atoms with van der Waals surface area (Å²) in [6.07, 6.45) is 4.07. The second-order valence-electron chi connectivity index (χ2n) is 5.94. The molecule has 2 heterocycles. The molecule has 4 nitrogen and oxygen atoms in total. The molecule has 1 aromatic heterocycles. The molecule has 0 radical (unpaired) electrons. The number of H-pyrrole nitrogens is 1. The van der Waals surface area contributed by atoms with Gasteiger partial charge in [0.25, 0.3) is 0 Å². The molecule has 1 saturated heterocycles. The highest BCUT2D eigenvalue weighted by atomic mass is 15.3. The zero-order valence-electron chi connectivity index (χ0n) is 11.9. The van der Waals surface area contributed by atoms with E-state index in [0.717, 1.165) is 39.3 Å². The maximum Gasteiger partial charge on any atom is 0.0281 e. The van der Waals surface area contributed by atoms with Gasteiger partial charge in [0.15, 0.2) is 0 Å². The van der Waals surface area contributed by atoms with Gasteiger partial charge in [-0.2, -0.15) is 0 Å². The quantitative estimate of drug-likeness (QED) is 0.822. The minimum atomic E-state index is 0.243. The lowest BCUT2D eigenvalue weighted by Gasteiger charge is -2.43. The van der Waals surface area contributed by atoms with Crippen LogP contribution in [0, 0.1) is 0 Å². The van der Waals surface area contributed by atoms with Crippen molar-refractivity contribution in [3.8, 4) is 0 Å². The van der Waals surface area contributed by atoms with Gasteiger partial charge in [0, 0.05) is 57.2 Å². The van der Waals surface area contributed by atoms with E-state index in [-0.39, 0.29) is 5.54 Å². The molecule has 0 amide bonds. The van der Waals surface area contributed by atoms with Gasteiger partial charge in [-0.05, 0) is 32.5 Å². The molecule has 1 fully saturated rings. The van der Waals surface area contributed by atoms with Crippen molar-refractivity contribution in [1.82, 2.24) is 20.1 Å². The van der Waals surface area contributed by atoms with Crippen LogP contribution in [0.2, 0.25) is 0 Å². The molecule has 2 N–H and O–H groups in total. The highest BCUT2D eigenvalue weighted by Crippen LogP contribution is 2.17. The van der Waals surface area contributed by atoms with Crippen molar-refractivity contribution < 1.29 is 0 Å². The van der Waals surface area contributed by atoms with Crippen LogP contribution in [0.1, 0.15) is 19.4 Å². The molecule has 0 aromatic carbocycles. The number of nitrogens with zero attached hydrogens (tertiary/aromatic N) is 2. The zero-order chi connectivity index (χ0) is 13.0. The second kappa shape index (κ2) is 5.87. The Kier molecular flexibility index (Phi) is 4.43. The molecular weight excluding hydrogens is 224 g/mol. The Morgan fingerprint density at radius 1 is 1.33 bits per heavy atom. The first-order valence-electron chi connectivity index (χ1n) is 6.84. The third kappa shape index (κ3) is 3.57. The van der Waals surface area contributed by atoms with Gasteiger partial charge in [-0.25, -0.2) is 0 Å². The average molecular weight is 250 g/mol. The lowest BCUT2D eigenvalue weighted by atomic mass is 10.0. The largest absolute Gasteiger partial charge is 0.367 e. The van der Waals surface area contributed by atoms with Crippen molar-refractivity contribution in [1.29, 1.82) is 0 Å². The maximum absolute atomic E-state index is 3.42. The molecule has 102 valence electrons. The SMILES string of the molecule is CN(Cc1cc[nH]c1)CC(C)(C)N1CCNCC1. The summed E-state index contributed by atoms with van der Waals surface area (Å²) in [6.45, 7) is 11.4. The number of hydrogen-bond acceptors (Lipinski definition) is 3. The van der Waals surface area contributed by atoms with Crippen LogP contribution in [0.15, 0.2) is 18.5 Å². The molecule has 4 heteroatoms. The van der Waals surface area contributed by atoms with E-state index in [9.17, 15) is 0 Å². The number of hydrogen-bond donors (Lipinski definition) is 2. The van der Waals surface area contributed by atoms with E-state index >= 15 is 0 Å². The fourth-order valence-corrected chi connectivity index (χ4v) is 2.86. The Bertz CT molecular complexity index is 339. The lowest BCUT2D eigenvalue weighted by molar-refractivity contribution is 0.0694. The van der Waals surface area contributed by atoms with E-state index in [2.05, 4.69) is 53.3 Å². The first-order valence-corrected chi connectivity index (χ1v) is 6.84. The second-order valence-corrected chi connectivity index (χ2v) is 5.94. The summed E-state index contributed by atoms with van der Waals surface area (Å²) in [7, 11) is 2.21. The summed E-state index contributed by atoms with van der Waals surface area (Å²) >= 11 is 0. The van der Waals surface area contributed by atoms with Crippen LogP contribution in [0.4, 0.5) is 0 Å². The molecule has 1 aromatic rings. The van der Waals surface area contributed by atoms with Gasteiger partial charge in [-0.15, -0.1) is 0 Å². The van der Waals surface area contributed by atoms with Crippen LogP contribution < -0.4 is 5.32 Å².